The predicted octanol–water partition coefficient (Wildman–Crippen LogP) is 2.95. The van der Waals surface area contributed by atoms with E-state index >= 15 is 0 Å². The first-order valence-electron chi connectivity index (χ1n) is 7.34. The Balaban J connectivity index is 2.21. The molecule has 2 atom stereocenters. The van der Waals surface area contributed by atoms with Crippen molar-refractivity contribution in [2.45, 2.75) is 39.2 Å². The minimum atomic E-state index is -0.441. The molecule has 1 aliphatic rings. The Hall–Kier alpha value is -2.11. The highest BCUT2D eigenvalue weighted by molar-refractivity contribution is 5.95. The number of nitro groups is 1. The summed E-state index contributed by atoms with van der Waals surface area (Å²) in [6, 6.07) is 4.87. The third-order valence-corrected chi connectivity index (χ3v) is 3.85. The summed E-state index contributed by atoms with van der Waals surface area (Å²) in [5.74, 6) is 0.359. The number of nitrogens with zero attached hydrogens (tertiary/aromatic N) is 1. The van der Waals surface area contributed by atoms with Crippen molar-refractivity contribution in [2.75, 3.05) is 11.9 Å². The SMILES string of the molecule is CCNC(=O)c1ccc(NC2CCC(C)C2)c([N+](=O)[O-])c1. The number of hydrogen-bond donors (Lipinski definition) is 2. The van der Waals surface area contributed by atoms with Gasteiger partial charge in [-0.2, -0.15) is 0 Å². The minimum absolute atomic E-state index is 0.0432. The zero-order valence-electron chi connectivity index (χ0n) is 12.4. The highest BCUT2D eigenvalue weighted by Crippen LogP contribution is 2.31. The lowest BCUT2D eigenvalue weighted by Crippen LogP contribution is -2.23. The predicted molar refractivity (Wildman–Crippen MR) is 81.5 cm³/mol. The highest BCUT2D eigenvalue weighted by atomic mass is 16.6. The first kappa shape index (κ1) is 15.3. The van der Waals surface area contributed by atoms with Gasteiger partial charge in [-0.05, 0) is 44.2 Å². The molecule has 1 aromatic carbocycles. The van der Waals surface area contributed by atoms with Crippen LogP contribution in [0.4, 0.5) is 11.4 Å². The van der Waals surface area contributed by atoms with Gasteiger partial charge < -0.3 is 10.6 Å². The van der Waals surface area contributed by atoms with E-state index in [4.69, 9.17) is 0 Å². The second-order valence-electron chi connectivity index (χ2n) is 5.61. The van der Waals surface area contributed by atoms with Crippen LogP contribution in [0.3, 0.4) is 0 Å². The topological polar surface area (TPSA) is 84.3 Å². The van der Waals surface area contributed by atoms with Gasteiger partial charge in [0, 0.05) is 24.2 Å². The molecular weight excluding hydrogens is 270 g/mol. The molecule has 1 aromatic rings. The maximum Gasteiger partial charge on any atom is 0.293 e. The first-order valence-corrected chi connectivity index (χ1v) is 7.34. The van der Waals surface area contributed by atoms with E-state index in [1.807, 2.05) is 6.92 Å². The number of carbonyl (C=O) groups excluding carboxylic acids is 1. The van der Waals surface area contributed by atoms with E-state index < -0.39 is 4.92 Å². The van der Waals surface area contributed by atoms with Gasteiger partial charge in [0.25, 0.3) is 11.6 Å². The minimum Gasteiger partial charge on any atom is -0.377 e. The van der Waals surface area contributed by atoms with Crippen molar-refractivity contribution in [1.29, 1.82) is 0 Å². The molecule has 0 saturated heterocycles. The molecule has 1 amide bonds. The van der Waals surface area contributed by atoms with Gasteiger partial charge in [-0.25, -0.2) is 0 Å². The third-order valence-electron chi connectivity index (χ3n) is 3.85. The van der Waals surface area contributed by atoms with Crippen molar-refractivity contribution in [2.24, 2.45) is 5.92 Å². The van der Waals surface area contributed by atoms with Crippen LogP contribution in [0.15, 0.2) is 18.2 Å². The van der Waals surface area contributed by atoms with E-state index in [9.17, 15) is 14.9 Å². The van der Waals surface area contributed by atoms with Crippen molar-refractivity contribution in [3.63, 3.8) is 0 Å². The summed E-state index contributed by atoms with van der Waals surface area (Å²) >= 11 is 0. The summed E-state index contributed by atoms with van der Waals surface area (Å²) in [4.78, 5) is 22.5. The van der Waals surface area contributed by atoms with E-state index in [0.717, 1.165) is 19.3 Å². The number of nitrogens with one attached hydrogen (secondary N) is 2. The molecule has 0 radical (unpaired) electrons. The van der Waals surface area contributed by atoms with Gasteiger partial charge in [0.15, 0.2) is 0 Å². The van der Waals surface area contributed by atoms with Crippen molar-refractivity contribution in [3.8, 4) is 0 Å². The smallest absolute Gasteiger partial charge is 0.293 e. The summed E-state index contributed by atoms with van der Waals surface area (Å²) < 4.78 is 0. The number of rotatable bonds is 5. The fourth-order valence-corrected chi connectivity index (χ4v) is 2.77. The average Bonchev–Trinajstić information content (AvgIpc) is 2.84. The van der Waals surface area contributed by atoms with Crippen LogP contribution in [0, 0.1) is 16.0 Å². The molecule has 2 unspecified atom stereocenters. The number of anilines is 1. The highest BCUT2D eigenvalue weighted by Gasteiger charge is 2.24. The van der Waals surface area contributed by atoms with Gasteiger partial charge in [-0.15, -0.1) is 0 Å². The Morgan fingerprint density at radius 3 is 2.76 bits per heavy atom. The van der Waals surface area contributed by atoms with Gasteiger partial charge in [-0.3, -0.25) is 14.9 Å². The van der Waals surface area contributed by atoms with Crippen molar-refractivity contribution >= 4 is 17.3 Å². The van der Waals surface area contributed by atoms with Gasteiger partial charge in [0.05, 0.1) is 4.92 Å². The van der Waals surface area contributed by atoms with Crippen LogP contribution in [-0.2, 0) is 0 Å². The summed E-state index contributed by atoms with van der Waals surface area (Å²) in [5.41, 5.74) is 0.763. The third kappa shape index (κ3) is 3.71. The van der Waals surface area contributed by atoms with Crippen LogP contribution in [0.2, 0.25) is 0 Å². The van der Waals surface area contributed by atoms with Crippen LogP contribution >= 0.6 is 0 Å². The molecule has 1 saturated carbocycles. The Bertz CT molecular complexity index is 545. The van der Waals surface area contributed by atoms with Crippen LogP contribution < -0.4 is 10.6 Å². The number of amides is 1. The van der Waals surface area contributed by atoms with Crippen molar-refractivity contribution in [1.82, 2.24) is 5.32 Å². The fraction of sp³-hybridized carbons (Fsp3) is 0.533. The Morgan fingerprint density at radius 2 is 2.19 bits per heavy atom. The zero-order chi connectivity index (χ0) is 15.4. The monoisotopic (exact) mass is 291 g/mol. The molecule has 0 aromatic heterocycles. The molecule has 114 valence electrons. The molecule has 0 bridgehead atoms. The zero-order valence-corrected chi connectivity index (χ0v) is 12.4. The lowest BCUT2D eigenvalue weighted by Gasteiger charge is -2.14. The molecule has 1 fully saturated rings. The lowest BCUT2D eigenvalue weighted by molar-refractivity contribution is -0.384. The van der Waals surface area contributed by atoms with Crippen LogP contribution in [-0.4, -0.2) is 23.4 Å². The molecular formula is C15H21N3O3. The second kappa shape index (κ2) is 6.56. The van der Waals surface area contributed by atoms with E-state index in [1.165, 1.54) is 6.07 Å². The summed E-state index contributed by atoms with van der Waals surface area (Å²) in [5, 5.41) is 17.1. The van der Waals surface area contributed by atoms with E-state index in [2.05, 4.69) is 17.6 Å². The quantitative estimate of drug-likeness (QED) is 0.645. The lowest BCUT2D eigenvalue weighted by atomic mass is 10.1. The van der Waals surface area contributed by atoms with E-state index in [-0.39, 0.29) is 17.6 Å². The van der Waals surface area contributed by atoms with Crippen LogP contribution in [0.1, 0.15) is 43.5 Å². The number of carbonyl (C=O) groups is 1. The van der Waals surface area contributed by atoms with Crippen molar-refractivity contribution < 1.29 is 9.72 Å². The van der Waals surface area contributed by atoms with Crippen LogP contribution in [0.25, 0.3) is 0 Å². The van der Waals surface area contributed by atoms with Gasteiger partial charge >= 0.3 is 0 Å². The molecule has 1 aliphatic carbocycles. The molecule has 0 heterocycles. The largest absolute Gasteiger partial charge is 0.377 e. The first-order chi connectivity index (χ1) is 10.0. The maximum absolute atomic E-state index is 11.8. The molecule has 6 heteroatoms. The number of nitro benzene ring substituents is 1. The maximum atomic E-state index is 11.8. The Labute approximate surface area is 124 Å². The van der Waals surface area contributed by atoms with E-state index in [0.29, 0.717) is 23.7 Å². The van der Waals surface area contributed by atoms with Gasteiger partial charge in [0.1, 0.15) is 5.69 Å². The summed E-state index contributed by atoms with van der Waals surface area (Å²) in [6.07, 6.45) is 3.19. The average molecular weight is 291 g/mol. The standard InChI is InChI=1S/C15H21N3O3/c1-3-16-15(19)11-5-7-13(14(9-11)18(20)21)17-12-6-4-10(2)8-12/h5,7,9-10,12,17H,3-4,6,8H2,1-2H3,(H,16,19). The number of benzene rings is 1. The molecule has 0 aliphatic heterocycles. The Morgan fingerprint density at radius 1 is 1.43 bits per heavy atom. The number of hydrogen-bond acceptors (Lipinski definition) is 4. The normalized spacial score (nSPS) is 21.0. The van der Waals surface area contributed by atoms with Crippen LogP contribution in [0.5, 0.6) is 0 Å². The van der Waals surface area contributed by atoms with Gasteiger partial charge in [0.2, 0.25) is 0 Å². The molecule has 6 nitrogen and oxygen atoms in total. The summed E-state index contributed by atoms with van der Waals surface area (Å²) in [6.45, 7) is 4.49. The van der Waals surface area contributed by atoms with Gasteiger partial charge in [-0.1, -0.05) is 6.92 Å². The molecule has 21 heavy (non-hydrogen) atoms. The van der Waals surface area contributed by atoms with E-state index in [1.54, 1.807) is 12.1 Å². The molecule has 2 rings (SSSR count). The molecule has 0 spiro atoms. The fourth-order valence-electron chi connectivity index (χ4n) is 2.77. The summed E-state index contributed by atoms with van der Waals surface area (Å²) in [7, 11) is 0. The molecule has 2 N–H and O–H groups in total. The Kier molecular flexibility index (Phi) is 4.77. The second-order valence-corrected chi connectivity index (χ2v) is 5.61. The van der Waals surface area contributed by atoms with Crippen molar-refractivity contribution in [3.05, 3.63) is 33.9 Å².